The minimum Gasteiger partial charge on any atom is -0.341 e. The molecule has 1 aliphatic rings. The molecule has 1 aromatic carbocycles. The molecule has 2 amide bonds. The topological polar surface area (TPSA) is 53.5 Å². The molecule has 1 atom stereocenters. The zero-order chi connectivity index (χ0) is 17.1. The molecule has 24 heavy (non-hydrogen) atoms. The Labute approximate surface area is 146 Å². The number of fused-ring (bicyclic) bond motifs is 1. The lowest BCUT2D eigenvalue weighted by Gasteiger charge is -2.28. The van der Waals surface area contributed by atoms with Gasteiger partial charge in [-0.05, 0) is 26.0 Å². The summed E-state index contributed by atoms with van der Waals surface area (Å²) in [6.07, 6.45) is 1.65. The van der Waals surface area contributed by atoms with Gasteiger partial charge < -0.3 is 9.80 Å². The Bertz CT molecular complexity index is 756. The number of aromatic nitrogens is 1. The van der Waals surface area contributed by atoms with Crippen LogP contribution in [-0.4, -0.2) is 57.4 Å². The van der Waals surface area contributed by atoms with E-state index in [2.05, 4.69) is 4.98 Å². The predicted molar refractivity (Wildman–Crippen MR) is 97.0 cm³/mol. The standard InChI is InChI=1S/C18H21N3O2S/c1-3-20(4-2)18(23)16-11-24-12-21(16)17(22)14-9-10-19-15-8-6-5-7-13(14)15/h5-10,16H,3-4,11-12H2,1-2H3/t16-/m0/s1. The third-order valence-electron chi connectivity index (χ3n) is 4.38. The lowest BCUT2D eigenvalue weighted by atomic mass is 10.1. The highest BCUT2D eigenvalue weighted by Crippen LogP contribution is 2.27. The van der Waals surface area contributed by atoms with Gasteiger partial charge >= 0.3 is 0 Å². The Balaban J connectivity index is 1.92. The number of benzene rings is 1. The normalized spacial score (nSPS) is 17.2. The Hall–Kier alpha value is -2.08. The van der Waals surface area contributed by atoms with Gasteiger partial charge in [-0.3, -0.25) is 14.6 Å². The molecule has 0 spiro atoms. The van der Waals surface area contributed by atoms with E-state index in [1.165, 1.54) is 0 Å². The van der Waals surface area contributed by atoms with Crippen LogP contribution in [0.25, 0.3) is 10.9 Å². The molecule has 1 fully saturated rings. The van der Waals surface area contributed by atoms with E-state index in [-0.39, 0.29) is 17.9 Å². The highest BCUT2D eigenvalue weighted by Gasteiger charge is 2.37. The molecule has 0 aliphatic carbocycles. The maximum absolute atomic E-state index is 13.1. The lowest BCUT2D eigenvalue weighted by molar-refractivity contribution is -0.134. The molecule has 5 nitrogen and oxygen atoms in total. The van der Waals surface area contributed by atoms with E-state index in [4.69, 9.17) is 0 Å². The van der Waals surface area contributed by atoms with Crippen molar-refractivity contribution in [1.82, 2.24) is 14.8 Å². The number of carbonyl (C=O) groups is 2. The first kappa shape index (κ1) is 16.8. The summed E-state index contributed by atoms with van der Waals surface area (Å²) in [6, 6.07) is 8.96. The average molecular weight is 343 g/mol. The smallest absolute Gasteiger partial charge is 0.255 e. The van der Waals surface area contributed by atoms with Crippen molar-refractivity contribution >= 4 is 34.5 Å². The van der Waals surface area contributed by atoms with Crippen molar-refractivity contribution in [3.8, 4) is 0 Å². The monoisotopic (exact) mass is 343 g/mol. The Morgan fingerprint density at radius 2 is 2.00 bits per heavy atom. The number of amides is 2. The molecular formula is C18H21N3O2S. The molecule has 0 unspecified atom stereocenters. The number of likely N-dealkylation sites (N-methyl/N-ethyl adjacent to an activating group) is 1. The second-order valence-electron chi connectivity index (χ2n) is 5.68. The van der Waals surface area contributed by atoms with Gasteiger partial charge in [-0.1, -0.05) is 18.2 Å². The maximum atomic E-state index is 13.1. The first-order valence-electron chi connectivity index (χ1n) is 8.18. The van der Waals surface area contributed by atoms with Crippen molar-refractivity contribution in [2.75, 3.05) is 24.7 Å². The second kappa shape index (κ2) is 7.21. The number of carbonyl (C=O) groups excluding carboxylic acids is 2. The van der Waals surface area contributed by atoms with Gasteiger partial charge in [0.05, 0.1) is 17.0 Å². The SMILES string of the molecule is CCN(CC)C(=O)[C@@H]1CSCN1C(=O)c1ccnc2ccccc12. The molecule has 1 aliphatic heterocycles. The predicted octanol–water partition coefficient (Wildman–Crippen LogP) is 2.62. The summed E-state index contributed by atoms with van der Waals surface area (Å²) in [6.45, 7) is 5.26. The summed E-state index contributed by atoms with van der Waals surface area (Å²) in [5, 5.41) is 0.830. The molecule has 1 aromatic heterocycles. The van der Waals surface area contributed by atoms with Crippen molar-refractivity contribution in [3.05, 3.63) is 42.1 Å². The van der Waals surface area contributed by atoms with Gasteiger partial charge in [0.2, 0.25) is 5.91 Å². The van der Waals surface area contributed by atoms with Crippen LogP contribution in [0, 0.1) is 0 Å². The van der Waals surface area contributed by atoms with Crippen LogP contribution in [-0.2, 0) is 4.79 Å². The minimum absolute atomic E-state index is 0.0386. The van der Waals surface area contributed by atoms with Crippen LogP contribution in [0.1, 0.15) is 24.2 Å². The summed E-state index contributed by atoms with van der Waals surface area (Å²) in [4.78, 5) is 33.6. The van der Waals surface area contributed by atoms with E-state index in [0.29, 0.717) is 30.3 Å². The summed E-state index contributed by atoms with van der Waals surface area (Å²) < 4.78 is 0. The Morgan fingerprint density at radius 3 is 2.75 bits per heavy atom. The molecule has 1 saturated heterocycles. The molecule has 6 heteroatoms. The highest BCUT2D eigenvalue weighted by atomic mass is 32.2. The van der Waals surface area contributed by atoms with Gasteiger partial charge in [-0.15, -0.1) is 11.8 Å². The van der Waals surface area contributed by atoms with Crippen LogP contribution in [0.15, 0.2) is 36.5 Å². The molecule has 3 rings (SSSR count). The number of nitrogens with zero attached hydrogens (tertiary/aromatic N) is 3. The van der Waals surface area contributed by atoms with Crippen molar-refractivity contribution in [2.24, 2.45) is 0 Å². The Kier molecular flexibility index (Phi) is 5.04. The van der Waals surface area contributed by atoms with E-state index in [1.807, 2.05) is 38.1 Å². The highest BCUT2D eigenvalue weighted by molar-refractivity contribution is 7.99. The van der Waals surface area contributed by atoms with Crippen molar-refractivity contribution in [3.63, 3.8) is 0 Å². The molecular weight excluding hydrogens is 322 g/mol. The molecule has 2 aromatic rings. The van der Waals surface area contributed by atoms with E-state index in [0.717, 1.165) is 10.9 Å². The van der Waals surface area contributed by atoms with E-state index in [9.17, 15) is 9.59 Å². The largest absolute Gasteiger partial charge is 0.341 e. The third kappa shape index (κ3) is 2.98. The Morgan fingerprint density at radius 1 is 1.25 bits per heavy atom. The van der Waals surface area contributed by atoms with Gasteiger partial charge in [0.25, 0.3) is 5.91 Å². The summed E-state index contributed by atoms with van der Waals surface area (Å²) in [5.74, 6) is 1.15. The lowest BCUT2D eigenvalue weighted by Crippen LogP contribution is -2.49. The van der Waals surface area contributed by atoms with Crippen molar-refractivity contribution in [2.45, 2.75) is 19.9 Å². The third-order valence-corrected chi connectivity index (χ3v) is 5.39. The average Bonchev–Trinajstić information content (AvgIpc) is 3.11. The number of hydrogen-bond acceptors (Lipinski definition) is 4. The molecule has 0 radical (unpaired) electrons. The maximum Gasteiger partial charge on any atom is 0.255 e. The molecule has 2 heterocycles. The van der Waals surface area contributed by atoms with Crippen LogP contribution >= 0.6 is 11.8 Å². The van der Waals surface area contributed by atoms with Crippen LogP contribution in [0.5, 0.6) is 0 Å². The first-order chi connectivity index (χ1) is 11.7. The number of pyridine rings is 1. The fourth-order valence-electron chi connectivity index (χ4n) is 3.03. The molecule has 0 N–H and O–H groups in total. The molecule has 0 saturated carbocycles. The number of rotatable bonds is 4. The van der Waals surface area contributed by atoms with Gasteiger partial charge in [-0.25, -0.2) is 0 Å². The number of thioether (sulfide) groups is 1. The quantitative estimate of drug-likeness (QED) is 0.856. The van der Waals surface area contributed by atoms with Gasteiger partial charge in [0, 0.05) is 30.4 Å². The fourth-order valence-corrected chi connectivity index (χ4v) is 4.18. The molecule has 126 valence electrons. The summed E-state index contributed by atoms with van der Waals surface area (Å²) in [5.41, 5.74) is 1.40. The fraction of sp³-hybridized carbons (Fsp3) is 0.389. The van der Waals surface area contributed by atoms with Gasteiger partial charge in [0.15, 0.2) is 0 Å². The minimum atomic E-state index is -0.380. The van der Waals surface area contributed by atoms with Gasteiger partial charge in [0.1, 0.15) is 6.04 Å². The van der Waals surface area contributed by atoms with Crippen molar-refractivity contribution < 1.29 is 9.59 Å². The van der Waals surface area contributed by atoms with Crippen LogP contribution in [0.2, 0.25) is 0 Å². The first-order valence-corrected chi connectivity index (χ1v) is 9.34. The van der Waals surface area contributed by atoms with E-state index in [1.54, 1.807) is 33.8 Å². The zero-order valence-electron chi connectivity index (χ0n) is 13.9. The van der Waals surface area contributed by atoms with Crippen LogP contribution in [0.3, 0.4) is 0 Å². The zero-order valence-corrected chi connectivity index (χ0v) is 14.8. The second-order valence-corrected chi connectivity index (χ2v) is 6.68. The number of para-hydroxylation sites is 1. The van der Waals surface area contributed by atoms with Crippen molar-refractivity contribution in [1.29, 1.82) is 0 Å². The van der Waals surface area contributed by atoms with Crippen LogP contribution in [0.4, 0.5) is 0 Å². The van der Waals surface area contributed by atoms with E-state index >= 15 is 0 Å². The van der Waals surface area contributed by atoms with E-state index < -0.39 is 0 Å². The summed E-state index contributed by atoms with van der Waals surface area (Å²) >= 11 is 1.63. The summed E-state index contributed by atoms with van der Waals surface area (Å²) in [7, 11) is 0. The van der Waals surface area contributed by atoms with Gasteiger partial charge in [-0.2, -0.15) is 0 Å². The molecule has 0 bridgehead atoms. The number of hydrogen-bond donors (Lipinski definition) is 0. The van der Waals surface area contributed by atoms with Crippen LogP contribution < -0.4 is 0 Å².